The maximum absolute atomic E-state index is 13.1. The third-order valence-corrected chi connectivity index (χ3v) is 4.19. The average Bonchev–Trinajstić information content (AvgIpc) is 2.47. The van der Waals surface area contributed by atoms with E-state index in [9.17, 15) is 18.0 Å². The van der Waals surface area contributed by atoms with Crippen LogP contribution in [-0.4, -0.2) is 41.1 Å². The van der Waals surface area contributed by atoms with Gasteiger partial charge in [0.2, 0.25) is 0 Å². The molecule has 0 spiro atoms. The lowest BCUT2D eigenvalue weighted by Crippen LogP contribution is -2.51. The number of alkyl halides is 3. The molecule has 0 radical (unpaired) electrons. The second-order valence-electron chi connectivity index (χ2n) is 5.79. The van der Waals surface area contributed by atoms with Crippen molar-refractivity contribution in [3.8, 4) is 6.07 Å². The maximum atomic E-state index is 13.1. The van der Waals surface area contributed by atoms with E-state index in [2.05, 4.69) is 5.32 Å². The van der Waals surface area contributed by atoms with Crippen molar-refractivity contribution >= 4 is 11.7 Å². The normalized spacial score (nSPS) is 20.3. The summed E-state index contributed by atoms with van der Waals surface area (Å²) < 4.78 is 39.4. The molecule has 0 heterocycles. The molecular weight excluding hydrogens is 323 g/mol. The highest BCUT2D eigenvalue weighted by atomic mass is 19.4. The van der Waals surface area contributed by atoms with E-state index in [1.807, 2.05) is 6.92 Å². The minimum Gasteiger partial charge on any atom is -0.480 e. The zero-order chi connectivity index (χ0) is 17.9. The molecule has 0 atom stereocenters. The molecule has 0 aliphatic heterocycles. The van der Waals surface area contributed by atoms with E-state index in [1.54, 1.807) is 11.0 Å². The van der Waals surface area contributed by atoms with Gasteiger partial charge in [-0.3, -0.25) is 9.69 Å². The van der Waals surface area contributed by atoms with Gasteiger partial charge >= 0.3 is 12.1 Å². The van der Waals surface area contributed by atoms with E-state index in [4.69, 9.17) is 10.4 Å². The molecule has 0 amide bonds. The van der Waals surface area contributed by atoms with Gasteiger partial charge in [-0.15, -0.1) is 0 Å². The highest BCUT2D eigenvalue weighted by Crippen LogP contribution is 2.37. The summed E-state index contributed by atoms with van der Waals surface area (Å²) in [5, 5.41) is 20.5. The smallest absolute Gasteiger partial charge is 0.418 e. The van der Waals surface area contributed by atoms with Gasteiger partial charge in [0.05, 0.1) is 23.7 Å². The van der Waals surface area contributed by atoms with Gasteiger partial charge in [0.25, 0.3) is 0 Å². The van der Waals surface area contributed by atoms with Crippen LogP contribution in [0.5, 0.6) is 0 Å². The molecule has 130 valence electrons. The summed E-state index contributed by atoms with van der Waals surface area (Å²) in [6.45, 7) is 2.36. The zero-order valence-electron chi connectivity index (χ0n) is 13.1. The van der Waals surface area contributed by atoms with Crippen molar-refractivity contribution in [2.24, 2.45) is 0 Å². The predicted molar refractivity (Wildman–Crippen MR) is 81.5 cm³/mol. The van der Waals surface area contributed by atoms with Gasteiger partial charge in [-0.1, -0.05) is 6.92 Å². The third-order valence-electron chi connectivity index (χ3n) is 4.19. The number of carboxylic acids is 1. The number of anilines is 1. The van der Waals surface area contributed by atoms with Gasteiger partial charge < -0.3 is 10.4 Å². The topological polar surface area (TPSA) is 76.4 Å². The van der Waals surface area contributed by atoms with Crippen molar-refractivity contribution in [3.05, 3.63) is 29.3 Å². The second kappa shape index (κ2) is 7.09. The number of hydrogen-bond donors (Lipinski definition) is 2. The Balaban J connectivity index is 2.04. The zero-order valence-corrected chi connectivity index (χ0v) is 13.1. The monoisotopic (exact) mass is 341 g/mol. The van der Waals surface area contributed by atoms with E-state index in [1.165, 1.54) is 12.1 Å². The number of benzene rings is 1. The molecule has 5 nitrogen and oxygen atoms in total. The summed E-state index contributed by atoms with van der Waals surface area (Å²) in [5.41, 5.74) is -0.952. The first-order valence-electron chi connectivity index (χ1n) is 7.58. The minimum absolute atomic E-state index is 0.0435. The Hall–Kier alpha value is -2.27. The summed E-state index contributed by atoms with van der Waals surface area (Å²) in [6.07, 6.45) is -3.38. The molecule has 1 fully saturated rings. The minimum atomic E-state index is -4.54. The van der Waals surface area contributed by atoms with Crippen LogP contribution in [-0.2, 0) is 11.0 Å². The van der Waals surface area contributed by atoms with Gasteiger partial charge in [0, 0.05) is 17.8 Å². The van der Waals surface area contributed by atoms with Crippen molar-refractivity contribution < 1.29 is 23.1 Å². The molecule has 0 saturated heterocycles. The van der Waals surface area contributed by atoms with Crippen LogP contribution in [0.15, 0.2) is 18.2 Å². The predicted octanol–water partition coefficient (Wildman–Crippen LogP) is 2.93. The molecule has 0 unspecified atom stereocenters. The van der Waals surface area contributed by atoms with Crippen molar-refractivity contribution in [2.75, 3.05) is 18.4 Å². The molecule has 0 bridgehead atoms. The highest BCUT2D eigenvalue weighted by molar-refractivity contribution is 5.69. The number of halogens is 3. The highest BCUT2D eigenvalue weighted by Gasteiger charge is 2.37. The molecular formula is C16H18F3N3O2. The first-order chi connectivity index (χ1) is 11.2. The van der Waals surface area contributed by atoms with Crippen LogP contribution in [0.1, 0.15) is 30.9 Å². The Labute approximate surface area is 137 Å². The van der Waals surface area contributed by atoms with Gasteiger partial charge in [-0.2, -0.15) is 18.4 Å². The van der Waals surface area contributed by atoms with Crippen molar-refractivity contribution in [1.82, 2.24) is 4.90 Å². The number of carboxylic acid groups (broad SMARTS) is 1. The Morgan fingerprint density at radius 3 is 2.62 bits per heavy atom. The van der Waals surface area contributed by atoms with Gasteiger partial charge in [0.15, 0.2) is 0 Å². The van der Waals surface area contributed by atoms with E-state index in [-0.39, 0.29) is 29.9 Å². The summed E-state index contributed by atoms with van der Waals surface area (Å²) in [7, 11) is 0. The van der Waals surface area contributed by atoms with Crippen LogP contribution in [0.4, 0.5) is 18.9 Å². The largest absolute Gasteiger partial charge is 0.480 e. The fourth-order valence-corrected chi connectivity index (χ4v) is 2.87. The summed E-state index contributed by atoms with van der Waals surface area (Å²) in [6, 6.07) is 5.06. The van der Waals surface area contributed by atoms with Crippen molar-refractivity contribution in [2.45, 2.75) is 38.0 Å². The van der Waals surface area contributed by atoms with E-state index < -0.39 is 17.7 Å². The Bertz CT molecular complexity index is 649. The average molecular weight is 341 g/mol. The van der Waals surface area contributed by atoms with Crippen LogP contribution < -0.4 is 5.32 Å². The number of likely N-dealkylation sites (N-methyl/N-ethyl adjacent to an activating group) is 1. The summed E-state index contributed by atoms with van der Waals surface area (Å²) in [5.74, 6) is -0.917. The SMILES string of the molecule is CCN(CC(=O)O)C1CC(Nc2ccc(C#N)cc2C(F)(F)F)C1. The van der Waals surface area contributed by atoms with E-state index >= 15 is 0 Å². The Morgan fingerprint density at radius 2 is 2.12 bits per heavy atom. The molecule has 8 heteroatoms. The number of carbonyl (C=O) groups is 1. The number of aliphatic carboxylic acids is 1. The first kappa shape index (κ1) is 18.1. The lowest BCUT2D eigenvalue weighted by Gasteiger charge is -2.43. The molecule has 1 aromatic carbocycles. The van der Waals surface area contributed by atoms with Crippen LogP contribution in [0, 0.1) is 11.3 Å². The maximum Gasteiger partial charge on any atom is 0.418 e. The van der Waals surface area contributed by atoms with Crippen LogP contribution >= 0.6 is 0 Å². The van der Waals surface area contributed by atoms with E-state index in [0.717, 1.165) is 6.07 Å². The van der Waals surface area contributed by atoms with Gasteiger partial charge in [0.1, 0.15) is 0 Å². The van der Waals surface area contributed by atoms with E-state index in [0.29, 0.717) is 19.4 Å². The van der Waals surface area contributed by atoms with Crippen molar-refractivity contribution in [3.63, 3.8) is 0 Å². The molecule has 2 N–H and O–H groups in total. The Kier molecular flexibility index (Phi) is 5.34. The molecule has 0 aromatic heterocycles. The quantitative estimate of drug-likeness (QED) is 0.832. The molecule has 1 aliphatic carbocycles. The van der Waals surface area contributed by atoms with Gasteiger partial charge in [-0.05, 0) is 37.6 Å². The van der Waals surface area contributed by atoms with Crippen LogP contribution in [0.3, 0.4) is 0 Å². The van der Waals surface area contributed by atoms with Gasteiger partial charge in [-0.25, -0.2) is 0 Å². The third kappa shape index (κ3) is 4.17. The summed E-state index contributed by atoms with van der Waals surface area (Å²) >= 11 is 0. The fourth-order valence-electron chi connectivity index (χ4n) is 2.87. The first-order valence-corrected chi connectivity index (χ1v) is 7.58. The standard InChI is InChI=1S/C16H18F3N3O2/c1-2-22(9-15(23)24)12-6-11(7-12)21-14-4-3-10(8-20)5-13(14)16(17,18)19/h3-5,11-12,21H,2,6-7,9H2,1H3,(H,23,24). The molecule has 1 aliphatic rings. The lowest BCUT2D eigenvalue weighted by molar-refractivity contribution is -0.139. The van der Waals surface area contributed by atoms with Crippen LogP contribution in [0.25, 0.3) is 0 Å². The number of rotatable bonds is 6. The number of nitrogens with zero attached hydrogens (tertiary/aromatic N) is 2. The van der Waals surface area contributed by atoms with Crippen LogP contribution in [0.2, 0.25) is 0 Å². The van der Waals surface area contributed by atoms with Crippen molar-refractivity contribution in [1.29, 1.82) is 5.26 Å². The molecule has 1 aromatic rings. The molecule has 24 heavy (non-hydrogen) atoms. The molecule has 1 saturated carbocycles. The molecule has 2 rings (SSSR count). The number of nitriles is 1. The fraction of sp³-hybridized carbons (Fsp3) is 0.500. The number of nitrogens with one attached hydrogen (secondary N) is 1. The second-order valence-corrected chi connectivity index (χ2v) is 5.79. The lowest BCUT2D eigenvalue weighted by atomic mass is 9.85. The Morgan fingerprint density at radius 1 is 1.46 bits per heavy atom. The number of hydrogen-bond acceptors (Lipinski definition) is 4. The summed E-state index contributed by atoms with van der Waals surface area (Å²) in [4.78, 5) is 12.6.